The van der Waals surface area contributed by atoms with Gasteiger partial charge < -0.3 is 26.0 Å². The number of nitrogens with zero attached hydrogens (tertiary/aromatic N) is 1. The molecular formula is C28H40N4O5. The van der Waals surface area contributed by atoms with Crippen LogP contribution >= 0.6 is 0 Å². The molecule has 0 radical (unpaired) electrons. The number of hydrogen-bond acceptors (Lipinski definition) is 5. The summed E-state index contributed by atoms with van der Waals surface area (Å²) in [5.41, 5.74) is 6.10. The number of nitrogens with two attached hydrogens (primary N) is 1. The molecule has 2 aliphatic carbocycles. The molecule has 0 saturated heterocycles. The zero-order chi connectivity index (χ0) is 27.2. The molecule has 202 valence electrons. The van der Waals surface area contributed by atoms with Crippen LogP contribution in [0, 0.1) is 0 Å². The molecule has 0 heterocycles. The van der Waals surface area contributed by atoms with E-state index in [-0.39, 0.29) is 18.0 Å². The molecule has 37 heavy (non-hydrogen) atoms. The van der Waals surface area contributed by atoms with Crippen LogP contribution < -0.4 is 16.4 Å². The minimum atomic E-state index is -1.26. The van der Waals surface area contributed by atoms with E-state index in [1.54, 1.807) is 26.8 Å². The Morgan fingerprint density at radius 1 is 1.14 bits per heavy atom. The number of nitrogens with one attached hydrogen (secondary N) is 2. The number of hydrogen-bond donors (Lipinski definition) is 3. The molecule has 0 aliphatic heterocycles. The highest BCUT2D eigenvalue weighted by atomic mass is 16.6. The third-order valence-corrected chi connectivity index (χ3v) is 6.53. The van der Waals surface area contributed by atoms with Crippen molar-refractivity contribution >= 4 is 29.9 Å². The fourth-order valence-electron chi connectivity index (χ4n) is 4.72. The Balaban J connectivity index is 1.96. The first kappa shape index (κ1) is 28.2. The van der Waals surface area contributed by atoms with Crippen molar-refractivity contribution in [3.05, 3.63) is 42.0 Å². The lowest BCUT2D eigenvalue weighted by Gasteiger charge is -2.35. The fourth-order valence-corrected chi connectivity index (χ4v) is 4.72. The third kappa shape index (κ3) is 8.33. The molecule has 2 unspecified atom stereocenters. The van der Waals surface area contributed by atoms with Crippen molar-refractivity contribution in [3.8, 4) is 0 Å². The van der Waals surface area contributed by atoms with Gasteiger partial charge in [0.05, 0.1) is 6.42 Å². The van der Waals surface area contributed by atoms with E-state index >= 15 is 0 Å². The molecule has 4 amide bonds. The first-order chi connectivity index (χ1) is 17.5. The smallest absolute Gasteiger partial charge is 0.408 e. The monoisotopic (exact) mass is 512 g/mol. The SMILES string of the molecule is C=Cc1cccc(C(C(=O)NC2CCCCC2)N(C(=O)C(CC(N)=O)NC(=O)OC(C)(C)C)C2CC2)c1. The zero-order valence-corrected chi connectivity index (χ0v) is 22.1. The van der Waals surface area contributed by atoms with Crippen molar-refractivity contribution in [2.75, 3.05) is 0 Å². The summed E-state index contributed by atoms with van der Waals surface area (Å²) in [4.78, 5) is 53.7. The Labute approximate surface area is 219 Å². The zero-order valence-electron chi connectivity index (χ0n) is 22.1. The predicted octanol–water partition coefficient (Wildman–Crippen LogP) is 3.58. The van der Waals surface area contributed by atoms with E-state index in [0.717, 1.165) is 50.5 Å². The molecule has 3 rings (SSSR count). The molecule has 0 bridgehead atoms. The van der Waals surface area contributed by atoms with Crippen LogP contribution in [0.25, 0.3) is 6.08 Å². The van der Waals surface area contributed by atoms with Crippen LogP contribution in [0.5, 0.6) is 0 Å². The maximum atomic E-state index is 14.0. The normalized spacial score (nSPS) is 17.7. The van der Waals surface area contributed by atoms with Crippen LogP contribution in [-0.4, -0.2) is 52.4 Å². The van der Waals surface area contributed by atoms with Crippen LogP contribution in [-0.2, 0) is 19.1 Å². The lowest BCUT2D eigenvalue weighted by molar-refractivity contribution is -0.144. The summed E-state index contributed by atoms with van der Waals surface area (Å²) in [6, 6.07) is 4.99. The average Bonchev–Trinajstić information content (AvgIpc) is 3.66. The largest absolute Gasteiger partial charge is 0.444 e. The van der Waals surface area contributed by atoms with Crippen LogP contribution in [0.3, 0.4) is 0 Å². The quantitative estimate of drug-likeness (QED) is 0.441. The van der Waals surface area contributed by atoms with Gasteiger partial charge >= 0.3 is 6.09 Å². The summed E-state index contributed by atoms with van der Waals surface area (Å²) in [5, 5.41) is 5.68. The lowest BCUT2D eigenvalue weighted by atomic mass is 9.94. The van der Waals surface area contributed by atoms with Gasteiger partial charge in [-0.25, -0.2) is 4.79 Å². The Morgan fingerprint density at radius 2 is 1.81 bits per heavy atom. The highest BCUT2D eigenvalue weighted by Crippen LogP contribution is 2.36. The van der Waals surface area contributed by atoms with Crippen molar-refractivity contribution in [1.29, 1.82) is 0 Å². The second-order valence-corrected chi connectivity index (χ2v) is 11.0. The minimum absolute atomic E-state index is 0.0452. The lowest BCUT2D eigenvalue weighted by Crippen LogP contribution is -2.55. The molecule has 9 heteroatoms. The molecule has 1 aromatic carbocycles. The first-order valence-corrected chi connectivity index (χ1v) is 13.1. The Bertz CT molecular complexity index is 1010. The standard InChI is InChI=1S/C28H40N4O5/c1-5-18-10-9-11-19(16-18)24(25(34)30-20-12-7-6-8-13-20)32(21-14-15-21)26(35)22(17-23(29)33)31-27(36)37-28(2,3)4/h5,9-11,16,20-22,24H,1,6-8,12-15,17H2,2-4H3,(H2,29,33)(H,30,34)(H,31,36). The van der Waals surface area contributed by atoms with Crippen molar-refractivity contribution in [2.24, 2.45) is 5.73 Å². The summed E-state index contributed by atoms with van der Waals surface area (Å²) in [6.07, 6.45) is 6.91. The van der Waals surface area contributed by atoms with Gasteiger partial charge in [-0.05, 0) is 63.6 Å². The van der Waals surface area contributed by atoms with Crippen molar-refractivity contribution < 1.29 is 23.9 Å². The molecule has 2 saturated carbocycles. The molecule has 0 spiro atoms. The fraction of sp³-hybridized carbons (Fsp3) is 0.571. The second kappa shape index (κ2) is 12.3. The summed E-state index contributed by atoms with van der Waals surface area (Å²) in [7, 11) is 0. The number of alkyl carbamates (subject to hydrolysis) is 1. The summed E-state index contributed by atoms with van der Waals surface area (Å²) < 4.78 is 5.32. The van der Waals surface area contributed by atoms with Crippen LogP contribution in [0.2, 0.25) is 0 Å². The number of benzene rings is 1. The van der Waals surface area contributed by atoms with Crippen LogP contribution in [0.15, 0.2) is 30.8 Å². The second-order valence-electron chi connectivity index (χ2n) is 11.0. The van der Waals surface area contributed by atoms with E-state index in [4.69, 9.17) is 10.5 Å². The van der Waals surface area contributed by atoms with Crippen molar-refractivity contribution in [3.63, 3.8) is 0 Å². The predicted molar refractivity (Wildman–Crippen MR) is 141 cm³/mol. The van der Waals surface area contributed by atoms with Gasteiger partial charge in [-0.2, -0.15) is 0 Å². The minimum Gasteiger partial charge on any atom is -0.444 e. The van der Waals surface area contributed by atoms with Gasteiger partial charge in [0, 0.05) is 12.1 Å². The Hall–Kier alpha value is -3.36. The molecule has 2 fully saturated rings. The highest BCUT2D eigenvalue weighted by molar-refractivity contribution is 5.95. The van der Waals surface area contributed by atoms with Crippen LogP contribution in [0.1, 0.15) is 89.3 Å². The topological polar surface area (TPSA) is 131 Å². The molecule has 0 aromatic heterocycles. The van der Waals surface area contributed by atoms with E-state index in [2.05, 4.69) is 17.2 Å². The summed E-state index contributed by atoms with van der Waals surface area (Å²) in [5.74, 6) is -1.56. The number of carbonyl (C=O) groups excluding carboxylic acids is 4. The van der Waals surface area contributed by atoms with Gasteiger partial charge in [0.2, 0.25) is 17.7 Å². The van der Waals surface area contributed by atoms with E-state index in [0.29, 0.717) is 5.56 Å². The number of amides is 4. The molecule has 2 aliphatic rings. The third-order valence-electron chi connectivity index (χ3n) is 6.53. The molecular weight excluding hydrogens is 472 g/mol. The van der Waals surface area contributed by atoms with E-state index in [1.165, 1.54) is 4.90 Å². The highest BCUT2D eigenvalue weighted by Gasteiger charge is 2.44. The van der Waals surface area contributed by atoms with Gasteiger partial charge in [0.1, 0.15) is 17.7 Å². The van der Waals surface area contributed by atoms with E-state index in [9.17, 15) is 19.2 Å². The number of rotatable bonds is 10. The average molecular weight is 513 g/mol. The Morgan fingerprint density at radius 3 is 2.38 bits per heavy atom. The number of ether oxygens (including phenoxy) is 1. The molecule has 1 aromatic rings. The maximum Gasteiger partial charge on any atom is 0.408 e. The molecule has 4 N–H and O–H groups in total. The molecule has 9 nitrogen and oxygen atoms in total. The van der Waals surface area contributed by atoms with Gasteiger partial charge in [-0.3, -0.25) is 14.4 Å². The van der Waals surface area contributed by atoms with Crippen molar-refractivity contribution in [2.45, 2.75) is 102 Å². The van der Waals surface area contributed by atoms with E-state index < -0.39 is 42.0 Å². The van der Waals surface area contributed by atoms with Gasteiger partial charge in [-0.1, -0.05) is 50.1 Å². The first-order valence-electron chi connectivity index (χ1n) is 13.1. The van der Waals surface area contributed by atoms with E-state index in [1.807, 2.05) is 24.3 Å². The maximum absolute atomic E-state index is 14.0. The summed E-state index contributed by atoms with van der Waals surface area (Å²) in [6.45, 7) is 8.93. The van der Waals surface area contributed by atoms with Gasteiger partial charge in [0.15, 0.2) is 0 Å². The number of carbonyl (C=O) groups is 4. The van der Waals surface area contributed by atoms with Gasteiger partial charge in [0.25, 0.3) is 0 Å². The van der Waals surface area contributed by atoms with Crippen LogP contribution in [0.4, 0.5) is 4.79 Å². The van der Waals surface area contributed by atoms with Gasteiger partial charge in [-0.15, -0.1) is 0 Å². The van der Waals surface area contributed by atoms with Crippen molar-refractivity contribution in [1.82, 2.24) is 15.5 Å². The Kier molecular flexibility index (Phi) is 9.34. The number of primary amides is 1. The summed E-state index contributed by atoms with van der Waals surface area (Å²) >= 11 is 0. The molecule has 2 atom stereocenters.